The van der Waals surface area contributed by atoms with Crippen molar-refractivity contribution < 1.29 is 4.74 Å². The summed E-state index contributed by atoms with van der Waals surface area (Å²) in [6.07, 6.45) is 5.61. The minimum Gasteiger partial charge on any atom is -0.369 e. The summed E-state index contributed by atoms with van der Waals surface area (Å²) in [6, 6.07) is 6.06. The average Bonchev–Trinajstić information content (AvgIpc) is 3.27. The van der Waals surface area contributed by atoms with Gasteiger partial charge in [0.05, 0.1) is 29.2 Å². The zero-order chi connectivity index (χ0) is 16.4. The molecule has 6 nitrogen and oxygen atoms in total. The fraction of sp³-hybridized carbons (Fsp3) is 0.353. The van der Waals surface area contributed by atoms with Crippen molar-refractivity contribution in [2.75, 3.05) is 19.7 Å². The van der Waals surface area contributed by atoms with Crippen molar-refractivity contribution in [1.29, 1.82) is 0 Å². The lowest BCUT2D eigenvalue weighted by Crippen LogP contribution is -2.37. The minimum absolute atomic E-state index is 0.000352. The number of aryl methyl sites for hydroxylation is 1. The number of H-pyrrole nitrogens is 1. The van der Waals surface area contributed by atoms with Gasteiger partial charge in [0, 0.05) is 42.5 Å². The molecule has 0 aromatic carbocycles. The number of hydrogen-bond acceptors (Lipinski definition) is 6. The van der Waals surface area contributed by atoms with Crippen molar-refractivity contribution in [3.8, 4) is 11.3 Å². The molecule has 0 bridgehead atoms. The summed E-state index contributed by atoms with van der Waals surface area (Å²) in [5.74, 6) is 0. The number of thiazole rings is 1. The lowest BCUT2D eigenvalue weighted by molar-refractivity contribution is -0.0346. The monoisotopic (exact) mass is 341 g/mol. The maximum atomic E-state index is 5.97. The van der Waals surface area contributed by atoms with Crippen molar-refractivity contribution in [2.45, 2.75) is 19.6 Å². The van der Waals surface area contributed by atoms with Gasteiger partial charge in [0.2, 0.25) is 0 Å². The molecular formula is C17H19N5OS. The lowest BCUT2D eigenvalue weighted by atomic mass is 10.1. The maximum absolute atomic E-state index is 5.97. The van der Waals surface area contributed by atoms with Crippen LogP contribution in [0.5, 0.6) is 0 Å². The van der Waals surface area contributed by atoms with E-state index in [0.29, 0.717) is 0 Å². The summed E-state index contributed by atoms with van der Waals surface area (Å²) in [5, 5.41) is 7.94. The van der Waals surface area contributed by atoms with Gasteiger partial charge in [-0.15, -0.1) is 11.3 Å². The van der Waals surface area contributed by atoms with Gasteiger partial charge in [-0.3, -0.25) is 10.00 Å². The molecule has 0 saturated carbocycles. The summed E-state index contributed by atoms with van der Waals surface area (Å²) in [5.41, 5.74) is 2.88. The van der Waals surface area contributed by atoms with Crippen LogP contribution in [0.1, 0.15) is 21.7 Å². The van der Waals surface area contributed by atoms with E-state index in [1.165, 1.54) is 4.88 Å². The van der Waals surface area contributed by atoms with Crippen LogP contribution >= 0.6 is 11.3 Å². The van der Waals surface area contributed by atoms with E-state index in [-0.39, 0.29) is 6.10 Å². The second kappa shape index (κ2) is 6.80. The van der Waals surface area contributed by atoms with Crippen LogP contribution in [0.2, 0.25) is 0 Å². The predicted molar refractivity (Wildman–Crippen MR) is 92.6 cm³/mol. The molecule has 1 N–H and O–H groups in total. The number of aromatic amines is 1. The van der Waals surface area contributed by atoms with Crippen LogP contribution in [-0.2, 0) is 11.3 Å². The van der Waals surface area contributed by atoms with Crippen LogP contribution in [0.4, 0.5) is 0 Å². The molecule has 7 heteroatoms. The molecule has 1 aliphatic heterocycles. The van der Waals surface area contributed by atoms with Gasteiger partial charge >= 0.3 is 0 Å². The summed E-state index contributed by atoms with van der Waals surface area (Å²) < 4.78 is 5.97. The first-order valence-electron chi connectivity index (χ1n) is 7.99. The van der Waals surface area contributed by atoms with E-state index >= 15 is 0 Å². The van der Waals surface area contributed by atoms with Crippen molar-refractivity contribution in [3.63, 3.8) is 0 Å². The molecule has 0 unspecified atom stereocenters. The molecule has 0 aliphatic carbocycles. The number of rotatable bonds is 4. The Hall–Kier alpha value is -2.09. The smallest absolute Gasteiger partial charge is 0.112 e. The first-order chi connectivity index (χ1) is 11.8. The largest absolute Gasteiger partial charge is 0.369 e. The standard InChI is InChI=1S/C17H19N5OS/c1-12-18-9-14(24-12)10-22-5-6-23-17(11-22)16-4-2-3-15(21-16)13-7-19-20-8-13/h2-4,7-9,17H,5-6,10-11H2,1H3,(H,19,20)/t17-/m0/s1. The van der Waals surface area contributed by atoms with Gasteiger partial charge in [0.25, 0.3) is 0 Å². The van der Waals surface area contributed by atoms with Crippen molar-refractivity contribution in [2.24, 2.45) is 0 Å². The average molecular weight is 341 g/mol. The molecule has 1 fully saturated rings. The molecule has 3 aromatic rings. The third kappa shape index (κ3) is 3.38. The van der Waals surface area contributed by atoms with Gasteiger partial charge in [0.15, 0.2) is 0 Å². The predicted octanol–water partition coefficient (Wildman–Crippen LogP) is 2.81. The van der Waals surface area contributed by atoms with E-state index in [1.807, 2.05) is 37.5 Å². The topological polar surface area (TPSA) is 66.9 Å². The highest BCUT2D eigenvalue weighted by molar-refractivity contribution is 7.11. The van der Waals surface area contributed by atoms with Gasteiger partial charge in [0.1, 0.15) is 6.10 Å². The maximum Gasteiger partial charge on any atom is 0.112 e. The molecule has 24 heavy (non-hydrogen) atoms. The third-order valence-corrected chi connectivity index (χ3v) is 4.99. The van der Waals surface area contributed by atoms with Gasteiger partial charge in [-0.1, -0.05) is 6.07 Å². The van der Waals surface area contributed by atoms with E-state index in [4.69, 9.17) is 9.72 Å². The van der Waals surface area contributed by atoms with Gasteiger partial charge < -0.3 is 4.74 Å². The van der Waals surface area contributed by atoms with E-state index < -0.39 is 0 Å². The Morgan fingerprint density at radius 1 is 1.38 bits per heavy atom. The Bertz CT molecular complexity index is 801. The molecule has 1 saturated heterocycles. The van der Waals surface area contributed by atoms with Crippen molar-refractivity contribution in [3.05, 3.63) is 52.4 Å². The fourth-order valence-electron chi connectivity index (χ4n) is 2.91. The van der Waals surface area contributed by atoms with Gasteiger partial charge in [-0.25, -0.2) is 9.97 Å². The zero-order valence-corrected chi connectivity index (χ0v) is 14.3. The number of aromatic nitrogens is 4. The number of morpholine rings is 1. The van der Waals surface area contributed by atoms with Crippen LogP contribution in [-0.4, -0.2) is 44.8 Å². The number of hydrogen-bond donors (Lipinski definition) is 1. The summed E-state index contributed by atoms with van der Waals surface area (Å²) >= 11 is 1.76. The number of nitrogens with zero attached hydrogens (tertiary/aromatic N) is 4. The summed E-state index contributed by atoms with van der Waals surface area (Å²) in [7, 11) is 0. The first kappa shape index (κ1) is 15.4. The van der Waals surface area contributed by atoms with E-state index in [9.17, 15) is 0 Å². The minimum atomic E-state index is -0.000352. The van der Waals surface area contributed by atoms with Crippen LogP contribution in [0.15, 0.2) is 36.8 Å². The quantitative estimate of drug-likeness (QED) is 0.790. The van der Waals surface area contributed by atoms with Crippen LogP contribution in [0, 0.1) is 6.92 Å². The molecule has 0 radical (unpaired) electrons. The fourth-order valence-corrected chi connectivity index (χ4v) is 3.74. The number of pyridine rings is 1. The molecule has 0 amide bonds. The normalized spacial score (nSPS) is 18.8. The lowest BCUT2D eigenvalue weighted by Gasteiger charge is -2.32. The highest BCUT2D eigenvalue weighted by Gasteiger charge is 2.23. The highest BCUT2D eigenvalue weighted by Crippen LogP contribution is 2.25. The molecule has 4 rings (SSSR count). The van der Waals surface area contributed by atoms with E-state index in [0.717, 1.165) is 48.2 Å². The summed E-state index contributed by atoms with van der Waals surface area (Å²) in [4.78, 5) is 12.8. The van der Waals surface area contributed by atoms with E-state index in [1.54, 1.807) is 17.5 Å². The summed E-state index contributed by atoms with van der Waals surface area (Å²) in [6.45, 7) is 5.47. The number of ether oxygens (including phenoxy) is 1. The Labute approximate surface area is 144 Å². The molecule has 4 heterocycles. The Kier molecular flexibility index (Phi) is 4.38. The zero-order valence-electron chi connectivity index (χ0n) is 13.5. The molecular weight excluding hydrogens is 322 g/mol. The molecule has 1 aliphatic rings. The van der Waals surface area contributed by atoms with Crippen LogP contribution in [0.3, 0.4) is 0 Å². The number of nitrogens with one attached hydrogen (secondary N) is 1. The van der Waals surface area contributed by atoms with Gasteiger partial charge in [-0.05, 0) is 19.1 Å². The highest BCUT2D eigenvalue weighted by atomic mass is 32.1. The van der Waals surface area contributed by atoms with Gasteiger partial charge in [-0.2, -0.15) is 5.10 Å². The van der Waals surface area contributed by atoms with Crippen molar-refractivity contribution in [1.82, 2.24) is 25.1 Å². The van der Waals surface area contributed by atoms with Crippen LogP contribution < -0.4 is 0 Å². The van der Waals surface area contributed by atoms with Crippen molar-refractivity contribution >= 4 is 11.3 Å². The molecule has 3 aromatic heterocycles. The first-order valence-corrected chi connectivity index (χ1v) is 8.81. The molecule has 0 spiro atoms. The third-order valence-electron chi connectivity index (χ3n) is 4.09. The van der Waals surface area contributed by atoms with E-state index in [2.05, 4.69) is 20.1 Å². The SMILES string of the molecule is Cc1ncc(CN2CCO[C@H](c3cccc(-c4cn[nH]c4)n3)C2)s1. The second-order valence-corrected chi connectivity index (χ2v) is 7.19. The Morgan fingerprint density at radius 3 is 3.12 bits per heavy atom. The molecule has 1 atom stereocenters. The molecule has 124 valence electrons. The Morgan fingerprint density at radius 2 is 2.33 bits per heavy atom. The second-order valence-electron chi connectivity index (χ2n) is 5.87. The van der Waals surface area contributed by atoms with Crippen LogP contribution in [0.25, 0.3) is 11.3 Å². The Balaban J connectivity index is 1.48.